The van der Waals surface area contributed by atoms with Gasteiger partial charge in [0, 0.05) is 0 Å². The van der Waals surface area contributed by atoms with E-state index in [2.05, 4.69) is 13.8 Å². The summed E-state index contributed by atoms with van der Waals surface area (Å²) in [5, 5.41) is 9.06. The fourth-order valence-corrected chi connectivity index (χ4v) is 4.38. The quantitative estimate of drug-likeness (QED) is 0.194. The van der Waals surface area contributed by atoms with Crippen molar-refractivity contribution in [2.45, 2.75) is 134 Å². The fraction of sp³-hybridized carbons (Fsp3) is 1.00. The van der Waals surface area contributed by atoms with Crippen LogP contribution in [-0.4, -0.2) is 29.4 Å². The van der Waals surface area contributed by atoms with Crippen molar-refractivity contribution in [2.24, 2.45) is 0 Å². The van der Waals surface area contributed by atoms with Crippen molar-refractivity contribution in [1.29, 1.82) is 0 Å². The molecule has 0 aromatic carbocycles. The minimum Gasteiger partial charge on any atom is -0.748 e. The van der Waals surface area contributed by atoms with Crippen molar-refractivity contribution >= 4 is 10.1 Å². The van der Waals surface area contributed by atoms with Crippen LogP contribution in [0, 0.1) is 0 Å². The maximum Gasteiger partial charge on any atom is 1.00 e. The van der Waals surface area contributed by atoms with Crippen LogP contribution in [0.25, 0.3) is 0 Å². The van der Waals surface area contributed by atoms with Crippen molar-refractivity contribution in [2.75, 3.05) is 0 Å². The predicted octanol–water partition coefficient (Wildman–Crippen LogP) is 2.94. The molecule has 0 aromatic rings. The third kappa shape index (κ3) is 20.6. The first-order valence-corrected chi connectivity index (χ1v) is 12.5. The van der Waals surface area contributed by atoms with E-state index in [0.29, 0.717) is 12.8 Å². The van der Waals surface area contributed by atoms with E-state index in [1.807, 2.05) is 0 Å². The molecule has 0 radical (unpaired) electrons. The number of hydrogen-bond donors (Lipinski definition) is 1. The van der Waals surface area contributed by atoms with Crippen molar-refractivity contribution in [3.63, 3.8) is 0 Å². The normalized spacial score (nSPS) is 13.9. The summed E-state index contributed by atoms with van der Waals surface area (Å²) in [5.41, 5.74) is 0. The maximum atomic E-state index is 11.4. The number of aliphatic hydroxyl groups excluding tert-OH is 1. The van der Waals surface area contributed by atoms with Gasteiger partial charge in [0.1, 0.15) is 0 Å². The first kappa shape index (κ1) is 30.7. The molecule has 0 amide bonds. The molecule has 0 aliphatic heterocycles. The van der Waals surface area contributed by atoms with Crippen molar-refractivity contribution < 1.29 is 69.5 Å². The molecule has 4 nitrogen and oxygen atoms in total. The van der Waals surface area contributed by atoms with Crippen LogP contribution in [0.4, 0.5) is 0 Å². The van der Waals surface area contributed by atoms with Gasteiger partial charge in [-0.15, -0.1) is 0 Å². The molecule has 0 aliphatic carbocycles. The zero-order valence-electron chi connectivity index (χ0n) is 18.3. The van der Waals surface area contributed by atoms with E-state index < -0.39 is 21.5 Å². The van der Waals surface area contributed by atoms with Crippen molar-refractivity contribution in [3.8, 4) is 0 Å². The van der Waals surface area contributed by atoms with Gasteiger partial charge >= 0.3 is 51.4 Å². The molecule has 0 bridgehead atoms. The molecule has 0 aromatic heterocycles. The van der Waals surface area contributed by atoms with Crippen LogP contribution in [0.3, 0.4) is 0 Å². The van der Waals surface area contributed by atoms with E-state index in [4.69, 9.17) is 0 Å². The molecule has 0 heterocycles. The molecular weight excluding hydrogens is 387 g/mol. The summed E-state index contributed by atoms with van der Waals surface area (Å²) in [4.78, 5) is 0. The molecule has 0 fully saturated rings. The SMILES string of the molecule is CCCCCCCCCCCCCC(CC(O)CCCCC)S(=O)(=O)[O-].[K+]. The second kappa shape index (κ2) is 20.8. The molecular formula is C21H43KO4S. The minimum atomic E-state index is -4.31. The first-order valence-electron chi connectivity index (χ1n) is 11.0. The molecule has 0 spiro atoms. The Morgan fingerprint density at radius 2 is 1.07 bits per heavy atom. The summed E-state index contributed by atoms with van der Waals surface area (Å²) >= 11 is 0. The molecule has 0 rings (SSSR count). The maximum absolute atomic E-state index is 11.4. The van der Waals surface area contributed by atoms with Gasteiger partial charge in [0.15, 0.2) is 0 Å². The number of rotatable bonds is 19. The monoisotopic (exact) mass is 430 g/mol. The first-order chi connectivity index (χ1) is 12.4. The van der Waals surface area contributed by atoms with Gasteiger partial charge in [-0.2, -0.15) is 0 Å². The van der Waals surface area contributed by atoms with Crippen molar-refractivity contribution in [3.05, 3.63) is 0 Å². The molecule has 0 saturated heterocycles. The fourth-order valence-electron chi connectivity index (χ4n) is 3.47. The van der Waals surface area contributed by atoms with Crippen LogP contribution >= 0.6 is 0 Å². The van der Waals surface area contributed by atoms with E-state index in [1.54, 1.807) is 0 Å². The zero-order valence-corrected chi connectivity index (χ0v) is 22.2. The smallest absolute Gasteiger partial charge is 0.748 e. The predicted molar refractivity (Wildman–Crippen MR) is 109 cm³/mol. The Labute approximate surface area is 211 Å². The van der Waals surface area contributed by atoms with Crippen LogP contribution in [0.15, 0.2) is 0 Å². The molecule has 158 valence electrons. The van der Waals surface area contributed by atoms with E-state index in [-0.39, 0.29) is 57.8 Å². The molecule has 2 unspecified atom stereocenters. The number of unbranched alkanes of at least 4 members (excludes halogenated alkanes) is 12. The van der Waals surface area contributed by atoms with Gasteiger partial charge in [-0.05, 0) is 19.3 Å². The van der Waals surface area contributed by atoms with Gasteiger partial charge < -0.3 is 9.66 Å². The number of aliphatic hydroxyl groups is 1. The number of hydrogen-bond acceptors (Lipinski definition) is 4. The second-order valence-electron chi connectivity index (χ2n) is 7.82. The molecule has 0 saturated carbocycles. The third-order valence-electron chi connectivity index (χ3n) is 5.21. The molecule has 1 N–H and O–H groups in total. The molecule has 27 heavy (non-hydrogen) atoms. The van der Waals surface area contributed by atoms with Crippen LogP contribution in [-0.2, 0) is 10.1 Å². The van der Waals surface area contributed by atoms with E-state index in [1.165, 1.54) is 51.4 Å². The van der Waals surface area contributed by atoms with Gasteiger partial charge in [0.2, 0.25) is 0 Å². The zero-order chi connectivity index (χ0) is 19.7. The Balaban J connectivity index is 0. The Hall–Kier alpha value is 1.51. The Morgan fingerprint density at radius 1 is 0.704 bits per heavy atom. The van der Waals surface area contributed by atoms with E-state index >= 15 is 0 Å². The standard InChI is InChI=1S/C21H44O4S.K/c1-3-5-7-8-9-10-11-12-13-14-16-18-21(26(23,24)25)19-20(22)17-15-6-4-2;/h20-22H,3-19H2,1-2H3,(H,23,24,25);/q;+1/p-1. The van der Waals surface area contributed by atoms with E-state index in [0.717, 1.165) is 38.5 Å². The summed E-state index contributed by atoms with van der Waals surface area (Å²) in [6.45, 7) is 4.32. The van der Waals surface area contributed by atoms with Crippen LogP contribution < -0.4 is 51.4 Å². The Bertz CT molecular complexity index is 401. The Kier molecular flexibility index (Phi) is 23.6. The molecule has 2 atom stereocenters. The van der Waals surface area contributed by atoms with Crippen LogP contribution in [0.1, 0.15) is 123 Å². The van der Waals surface area contributed by atoms with Gasteiger partial charge in [-0.25, -0.2) is 8.42 Å². The summed E-state index contributed by atoms with van der Waals surface area (Å²) in [6, 6.07) is 0. The minimum absolute atomic E-state index is 0. The second-order valence-corrected chi connectivity index (χ2v) is 9.48. The van der Waals surface area contributed by atoms with Gasteiger partial charge in [-0.1, -0.05) is 104 Å². The third-order valence-corrected chi connectivity index (χ3v) is 6.46. The van der Waals surface area contributed by atoms with Crippen molar-refractivity contribution in [1.82, 2.24) is 0 Å². The summed E-state index contributed by atoms with van der Waals surface area (Å²) in [5.74, 6) is 0. The molecule has 6 heteroatoms. The Morgan fingerprint density at radius 3 is 1.52 bits per heavy atom. The largest absolute Gasteiger partial charge is 1.00 e. The van der Waals surface area contributed by atoms with E-state index in [9.17, 15) is 18.1 Å². The van der Waals surface area contributed by atoms with Crippen LogP contribution in [0.5, 0.6) is 0 Å². The van der Waals surface area contributed by atoms with Gasteiger partial charge in [0.25, 0.3) is 0 Å². The average Bonchev–Trinajstić information content (AvgIpc) is 2.58. The topological polar surface area (TPSA) is 77.4 Å². The van der Waals surface area contributed by atoms with Gasteiger partial charge in [-0.3, -0.25) is 0 Å². The average molecular weight is 431 g/mol. The molecule has 0 aliphatic rings. The summed E-state index contributed by atoms with van der Waals surface area (Å²) in [6.07, 6.45) is 16.7. The van der Waals surface area contributed by atoms with Gasteiger partial charge in [0.05, 0.1) is 21.5 Å². The summed E-state index contributed by atoms with van der Waals surface area (Å²) < 4.78 is 34.3. The summed E-state index contributed by atoms with van der Waals surface area (Å²) in [7, 11) is -4.31. The van der Waals surface area contributed by atoms with Crippen LogP contribution in [0.2, 0.25) is 0 Å².